The number of likely N-dealkylation sites (N-methyl/N-ethyl adjacent to an activating group) is 1. The highest BCUT2D eigenvalue weighted by atomic mass is 32.2. The monoisotopic (exact) mass is 493 g/mol. The van der Waals surface area contributed by atoms with Crippen molar-refractivity contribution in [3.63, 3.8) is 0 Å². The quantitative estimate of drug-likeness (QED) is 0.420. The Kier molecular flexibility index (Phi) is 8.59. The molecule has 0 saturated carbocycles. The van der Waals surface area contributed by atoms with Crippen LogP contribution in [-0.4, -0.2) is 65.3 Å². The van der Waals surface area contributed by atoms with Crippen molar-refractivity contribution in [3.8, 4) is 0 Å². The number of carbonyl (C=O) groups excluding carboxylic acids is 2. The largest absolute Gasteiger partial charge is 0.463 e. The lowest BCUT2D eigenvalue weighted by Crippen LogP contribution is -2.57. The van der Waals surface area contributed by atoms with Crippen molar-refractivity contribution in [2.45, 2.75) is 60.5 Å². The highest BCUT2D eigenvalue weighted by molar-refractivity contribution is 7.88. The summed E-state index contributed by atoms with van der Waals surface area (Å²) in [4.78, 5) is 27.2. The topological polar surface area (TPSA) is 123 Å². The third kappa shape index (κ3) is 6.20. The zero-order valence-electron chi connectivity index (χ0n) is 21.1. The van der Waals surface area contributed by atoms with E-state index in [1.165, 1.54) is 4.90 Å². The van der Waals surface area contributed by atoms with Crippen molar-refractivity contribution in [1.29, 1.82) is 0 Å². The van der Waals surface area contributed by atoms with E-state index >= 15 is 0 Å². The molecular weight excluding hydrogens is 458 g/mol. The normalized spacial score (nSPS) is 14.8. The van der Waals surface area contributed by atoms with Gasteiger partial charge in [-0.15, -0.1) is 9.19 Å². The Bertz CT molecular complexity index is 1160. The molecule has 0 fully saturated rings. The SMILES string of the molecule is CCOC(=O)/C(C)=C/[C@H](C(C)C)N(C)C(=O)[C@@H](NS(=O)(=O)n1nnc2ccccc21)C(C)(C)C. The van der Waals surface area contributed by atoms with Crippen LogP contribution in [0.1, 0.15) is 48.5 Å². The maximum Gasteiger partial charge on any atom is 0.333 e. The molecule has 0 aliphatic rings. The molecule has 2 atom stereocenters. The molecule has 1 N–H and O–H groups in total. The molecular formula is C23H35N5O5S. The van der Waals surface area contributed by atoms with Gasteiger partial charge in [-0.25, -0.2) is 4.79 Å². The number of ether oxygens (including phenoxy) is 1. The smallest absolute Gasteiger partial charge is 0.333 e. The molecule has 2 aromatic rings. The van der Waals surface area contributed by atoms with Gasteiger partial charge in [0.25, 0.3) is 0 Å². The number of amides is 1. The minimum atomic E-state index is -4.24. The molecule has 1 aromatic heterocycles. The first-order valence-corrected chi connectivity index (χ1v) is 12.6. The fraction of sp³-hybridized carbons (Fsp3) is 0.565. The Labute approximate surface area is 201 Å². The van der Waals surface area contributed by atoms with Gasteiger partial charge in [0.05, 0.1) is 12.6 Å². The first-order valence-electron chi connectivity index (χ1n) is 11.2. The first-order chi connectivity index (χ1) is 15.7. The van der Waals surface area contributed by atoms with Crippen LogP contribution in [0.5, 0.6) is 0 Å². The average Bonchev–Trinajstić information content (AvgIpc) is 3.19. The van der Waals surface area contributed by atoms with Crippen LogP contribution in [0, 0.1) is 11.3 Å². The lowest BCUT2D eigenvalue weighted by atomic mass is 9.86. The number of fused-ring (bicyclic) bond motifs is 1. The molecule has 0 unspecified atom stereocenters. The number of para-hydroxylation sites is 1. The number of hydrogen-bond acceptors (Lipinski definition) is 7. The Morgan fingerprint density at radius 2 is 1.85 bits per heavy atom. The summed E-state index contributed by atoms with van der Waals surface area (Å²) in [6.07, 6.45) is 1.68. The van der Waals surface area contributed by atoms with Gasteiger partial charge >= 0.3 is 16.2 Å². The molecule has 1 amide bonds. The van der Waals surface area contributed by atoms with Crippen LogP contribution in [0.2, 0.25) is 0 Å². The number of benzene rings is 1. The predicted molar refractivity (Wildman–Crippen MR) is 130 cm³/mol. The third-order valence-corrected chi connectivity index (χ3v) is 6.68. The maximum atomic E-state index is 13.6. The number of rotatable bonds is 9. The van der Waals surface area contributed by atoms with Crippen molar-refractivity contribution in [3.05, 3.63) is 35.9 Å². The van der Waals surface area contributed by atoms with Gasteiger partial charge in [0, 0.05) is 12.6 Å². The standard InChI is InChI=1S/C23H35N5O5S/c1-9-33-22(30)16(4)14-19(15(2)3)27(8)21(29)20(23(5,6)7)25-34(31,32)28-18-13-11-10-12-17(18)24-26-28/h10-15,19-20,25H,9H2,1-8H3/b16-14+/t19-,20-/m1/s1. The van der Waals surface area contributed by atoms with Gasteiger partial charge in [-0.3, -0.25) is 4.79 Å². The molecule has 10 nitrogen and oxygen atoms in total. The Hall–Kier alpha value is -2.79. The van der Waals surface area contributed by atoms with Gasteiger partial charge in [0.15, 0.2) is 0 Å². The van der Waals surface area contributed by atoms with Crippen LogP contribution in [-0.2, 0) is 24.5 Å². The second kappa shape index (κ2) is 10.6. The van der Waals surface area contributed by atoms with Crippen molar-refractivity contribution < 1.29 is 22.7 Å². The van der Waals surface area contributed by atoms with E-state index in [9.17, 15) is 18.0 Å². The summed E-state index contributed by atoms with van der Waals surface area (Å²) in [6.45, 7) is 12.8. The van der Waals surface area contributed by atoms with E-state index in [2.05, 4.69) is 15.0 Å². The molecule has 188 valence electrons. The Morgan fingerprint density at radius 1 is 1.24 bits per heavy atom. The van der Waals surface area contributed by atoms with Crippen molar-refractivity contribution in [1.82, 2.24) is 24.0 Å². The molecule has 0 saturated heterocycles. The summed E-state index contributed by atoms with van der Waals surface area (Å²) in [5.74, 6) is -0.943. The maximum absolute atomic E-state index is 13.6. The van der Waals surface area contributed by atoms with Crippen LogP contribution in [0.3, 0.4) is 0 Å². The number of aromatic nitrogens is 3. The molecule has 0 radical (unpaired) electrons. The lowest BCUT2D eigenvalue weighted by molar-refractivity contribution is -0.139. The third-order valence-electron chi connectivity index (χ3n) is 5.42. The minimum Gasteiger partial charge on any atom is -0.463 e. The molecule has 0 aliphatic heterocycles. The number of hydrogen-bond donors (Lipinski definition) is 1. The first kappa shape index (κ1) is 27.5. The van der Waals surface area contributed by atoms with Crippen LogP contribution in [0.4, 0.5) is 0 Å². The summed E-state index contributed by atoms with van der Waals surface area (Å²) in [6, 6.07) is 5.09. The molecule has 2 rings (SSSR count). The average molecular weight is 494 g/mol. The molecule has 0 bridgehead atoms. The highest BCUT2D eigenvalue weighted by Gasteiger charge is 2.39. The van der Waals surface area contributed by atoms with E-state index in [-0.39, 0.29) is 12.5 Å². The summed E-state index contributed by atoms with van der Waals surface area (Å²) >= 11 is 0. The fourth-order valence-electron chi connectivity index (χ4n) is 3.49. The zero-order valence-corrected chi connectivity index (χ0v) is 21.9. The number of esters is 1. The van der Waals surface area contributed by atoms with Crippen LogP contribution >= 0.6 is 0 Å². The molecule has 1 heterocycles. The van der Waals surface area contributed by atoms with Gasteiger partial charge in [-0.1, -0.05) is 52.8 Å². The summed E-state index contributed by atoms with van der Waals surface area (Å²) in [7, 11) is -2.64. The van der Waals surface area contributed by atoms with E-state index < -0.39 is 39.6 Å². The summed E-state index contributed by atoms with van der Waals surface area (Å²) in [5, 5.41) is 7.67. The van der Waals surface area contributed by atoms with Crippen molar-refractivity contribution in [2.75, 3.05) is 13.7 Å². The van der Waals surface area contributed by atoms with Crippen LogP contribution in [0.15, 0.2) is 35.9 Å². The highest BCUT2D eigenvalue weighted by Crippen LogP contribution is 2.25. The number of carbonyl (C=O) groups is 2. The van der Waals surface area contributed by atoms with E-state index in [1.54, 1.807) is 72.0 Å². The van der Waals surface area contributed by atoms with Gasteiger partial charge < -0.3 is 9.64 Å². The van der Waals surface area contributed by atoms with Crippen LogP contribution in [0.25, 0.3) is 11.0 Å². The lowest BCUT2D eigenvalue weighted by Gasteiger charge is -2.37. The molecule has 1 aromatic carbocycles. The fourth-order valence-corrected chi connectivity index (χ4v) is 4.89. The minimum absolute atomic E-state index is 0.0465. The van der Waals surface area contributed by atoms with Crippen molar-refractivity contribution >= 4 is 33.1 Å². The zero-order chi connectivity index (χ0) is 25.8. The second-order valence-electron chi connectivity index (χ2n) is 9.60. The van der Waals surface area contributed by atoms with Gasteiger partial charge in [0.2, 0.25) is 5.91 Å². The van der Waals surface area contributed by atoms with Crippen LogP contribution < -0.4 is 4.72 Å². The molecule has 34 heavy (non-hydrogen) atoms. The van der Waals surface area contributed by atoms with Gasteiger partial charge in [0.1, 0.15) is 17.1 Å². The van der Waals surface area contributed by atoms with E-state index in [0.29, 0.717) is 16.6 Å². The van der Waals surface area contributed by atoms with E-state index in [0.717, 1.165) is 4.09 Å². The predicted octanol–water partition coefficient (Wildman–Crippen LogP) is 2.52. The summed E-state index contributed by atoms with van der Waals surface area (Å²) in [5.41, 5.74) is 0.331. The molecule has 0 spiro atoms. The second-order valence-corrected chi connectivity index (χ2v) is 11.1. The van der Waals surface area contributed by atoms with E-state index in [1.807, 2.05) is 13.8 Å². The Balaban J connectivity index is 2.41. The van der Waals surface area contributed by atoms with Crippen molar-refractivity contribution in [2.24, 2.45) is 11.3 Å². The summed E-state index contributed by atoms with van der Waals surface area (Å²) < 4.78 is 34.8. The van der Waals surface area contributed by atoms with Gasteiger partial charge in [-0.2, -0.15) is 13.1 Å². The van der Waals surface area contributed by atoms with Gasteiger partial charge in [-0.05, 0) is 42.5 Å². The van der Waals surface area contributed by atoms with E-state index in [4.69, 9.17) is 4.74 Å². The molecule has 0 aliphatic carbocycles. The Morgan fingerprint density at radius 3 is 2.41 bits per heavy atom. The number of nitrogens with zero attached hydrogens (tertiary/aromatic N) is 4. The molecule has 11 heteroatoms. The number of nitrogens with one attached hydrogen (secondary N) is 1.